The van der Waals surface area contributed by atoms with E-state index < -0.39 is 6.04 Å². The summed E-state index contributed by atoms with van der Waals surface area (Å²) in [4.78, 5) is 16.6. The number of benzene rings is 1. The predicted molar refractivity (Wildman–Crippen MR) is 110 cm³/mol. The van der Waals surface area contributed by atoms with Gasteiger partial charge in [-0.05, 0) is 24.8 Å². The molecule has 1 saturated carbocycles. The van der Waals surface area contributed by atoms with Crippen molar-refractivity contribution in [1.29, 1.82) is 0 Å². The maximum atomic E-state index is 12.2. The Balaban J connectivity index is 1.32. The molecule has 152 valence electrons. The number of amides is 1. The van der Waals surface area contributed by atoms with Gasteiger partial charge in [-0.15, -0.1) is 0 Å². The van der Waals surface area contributed by atoms with Crippen LogP contribution in [0.25, 0.3) is 0 Å². The molecule has 6 heteroatoms. The highest BCUT2D eigenvalue weighted by atomic mass is 16.5. The monoisotopic (exact) mass is 384 g/mol. The second kappa shape index (κ2) is 11.0. The van der Waals surface area contributed by atoms with Gasteiger partial charge in [-0.1, -0.05) is 49.6 Å². The number of nitrogens with two attached hydrogens (primary N) is 1. The Morgan fingerprint density at radius 3 is 2.82 bits per heavy atom. The first-order chi connectivity index (χ1) is 13.7. The Hall–Kier alpha value is -2.18. The van der Waals surface area contributed by atoms with E-state index >= 15 is 0 Å². The zero-order valence-corrected chi connectivity index (χ0v) is 16.6. The topological polar surface area (TPSA) is 82.2 Å². The van der Waals surface area contributed by atoms with Crippen molar-refractivity contribution in [1.82, 2.24) is 14.9 Å². The Kier molecular flexibility index (Phi) is 8.06. The van der Waals surface area contributed by atoms with Gasteiger partial charge in [0.15, 0.2) is 0 Å². The number of imidazole rings is 1. The van der Waals surface area contributed by atoms with Crippen LogP contribution in [0.15, 0.2) is 42.9 Å². The third-order valence-corrected chi connectivity index (χ3v) is 5.19. The molecule has 0 unspecified atom stereocenters. The molecule has 1 heterocycles. The van der Waals surface area contributed by atoms with Crippen LogP contribution in [0.1, 0.15) is 49.8 Å². The molecule has 2 aromatic rings. The number of hydrogen-bond donors (Lipinski definition) is 2. The van der Waals surface area contributed by atoms with Gasteiger partial charge in [0.25, 0.3) is 0 Å². The predicted octanol–water partition coefficient (Wildman–Crippen LogP) is 2.66. The molecule has 1 atom stereocenters. The highest BCUT2D eigenvalue weighted by Gasteiger charge is 2.16. The van der Waals surface area contributed by atoms with E-state index in [-0.39, 0.29) is 5.91 Å². The first-order valence-corrected chi connectivity index (χ1v) is 10.4. The highest BCUT2D eigenvalue weighted by Crippen LogP contribution is 2.20. The molecule has 1 fully saturated rings. The van der Waals surface area contributed by atoms with E-state index in [2.05, 4.69) is 22.4 Å². The minimum absolute atomic E-state index is 0.129. The van der Waals surface area contributed by atoms with Crippen LogP contribution in [-0.4, -0.2) is 40.8 Å². The van der Waals surface area contributed by atoms with Crippen molar-refractivity contribution in [3.05, 3.63) is 54.1 Å². The Morgan fingerprint density at radius 2 is 2.04 bits per heavy atom. The lowest BCUT2D eigenvalue weighted by molar-refractivity contribution is -0.122. The lowest BCUT2D eigenvalue weighted by Gasteiger charge is -2.22. The molecule has 0 spiro atoms. The van der Waals surface area contributed by atoms with Gasteiger partial charge in [0, 0.05) is 32.3 Å². The molecular weight excluding hydrogens is 352 g/mol. The zero-order valence-electron chi connectivity index (χ0n) is 16.6. The molecule has 3 N–H and O–H groups in total. The Bertz CT molecular complexity index is 710. The summed E-state index contributed by atoms with van der Waals surface area (Å²) in [6, 6.07) is 9.62. The van der Waals surface area contributed by atoms with E-state index in [0.29, 0.717) is 25.7 Å². The standard InChI is InChI=1S/C22H32N4O2/c23-21(22(27)24-12-7-13-28-20-10-5-2-6-11-20)14-19-16-26(17-25-19)15-18-8-3-1-4-9-18/h1,3-4,8-9,16-17,20-21H,2,5-7,10-15,23H2,(H,24,27)/t21-/m0/s1. The fourth-order valence-corrected chi connectivity index (χ4v) is 3.61. The number of nitrogens with one attached hydrogen (secondary N) is 1. The average molecular weight is 385 g/mol. The number of nitrogens with zero attached hydrogens (tertiary/aromatic N) is 2. The van der Waals surface area contributed by atoms with E-state index in [0.717, 1.165) is 18.7 Å². The van der Waals surface area contributed by atoms with Crippen LogP contribution in [0.2, 0.25) is 0 Å². The van der Waals surface area contributed by atoms with Gasteiger partial charge in [-0.25, -0.2) is 4.98 Å². The summed E-state index contributed by atoms with van der Waals surface area (Å²) in [7, 11) is 0. The molecule has 6 nitrogen and oxygen atoms in total. The van der Waals surface area contributed by atoms with Crippen LogP contribution in [0.5, 0.6) is 0 Å². The van der Waals surface area contributed by atoms with E-state index in [1.165, 1.54) is 37.7 Å². The van der Waals surface area contributed by atoms with Crippen molar-refractivity contribution in [2.75, 3.05) is 13.2 Å². The third-order valence-electron chi connectivity index (χ3n) is 5.19. The Morgan fingerprint density at radius 1 is 1.25 bits per heavy atom. The largest absolute Gasteiger partial charge is 0.378 e. The van der Waals surface area contributed by atoms with Crippen LogP contribution >= 0.6 is 0 Å². The number of aromatic nitrogens is 2. The van der Waals surface area contributed by atoms with Crippen LogP contribution in [0, 0.1) is 0 Å². The van der Waals surface area contributed by atoms with Crippen molar-refractivity contribution < 1.29 is 9.53 Å². The van der Waals surface area contributed by atoms with Crippen molar-refractivity contribution in [2.45, 2.75) is 63.6 Å². The fourth-order valence-electron chi connectivity index (χ4n) is 3.61. The van der Waals surface area contributed by atoms with Crippen molar-refractivity contribution in [2.24, 2.45) is 5.73 Å². The van der Waals surface area contributed by atoms with E-state index in [1.807, 2.05) is 29.0 Å². The molecule has 1 amide bonds. The first kappa shape index (κ1) is 20.6. The van der Waals surface area contributed by atoms with Gasteiger partial charge >= 0.3 is 0 Å². The number of rotatable bonds is 10. The molecule has 0 saturated heterocycles. The van der Waals surface area contributed by atoms with Crippen LogP contribution in [0.3, 0.4) is 0 Å². The summed E-state index contributed by atoms with van der Waals surface area (Å²) in [6.45, 7) is 2.06. The molecule has 1 aromatic carbocycles. The number of ether oxygens (including phenoxy) is 1. The molecule has 1 aliphatic carbocycles. The van der Waals surface area contributed by atoms with Gasteiger partial charge in [0.05, 0.1) is 24.2 Å². The van der Waals surface area contributed by atoms with Gasteiger partial charge in [-0.2, -0.15) is 0 Å². The Labute approximate surface area is 167 Å². The maximum Gasteiger partial charge on any atom is 0.237 e. The van der Waals surface area contributed by atoms with Gasteiger partial charge in [0.2, 0.25) is 5.91 Å². The summed E-state index contributed by atoms with van der Waals surface area (Å²) in [5, 5.41) is 2.91. The molecule has 1 aromatic heterocycles. The lowest BCUT2D eigenvalue weighted by Crippen LogP contribution is -2.42. The number of carbonyl (C=O) groups excluding carboxylic acids is 1. The molecule has 0 radical (unpaired) electrons. The zero-order chi connectivity index (χ0) is 19.6. The van der Waals surface area contributed by atoms with Crippen LogP contribution in [-0.2, 0) is 22.5 Å². The minimum atomic E-state index is -0.584. The summed E-state index contributed by atoms with van der Waals surface area (Å²) >= 11 is 0. The second-order valence-corrected chi connectivity index (χ2v) is 7.61. The smallest absolute Gasteiger partial charge is 0.237 e. The van der Waals surface area contributed by atoms with Crippen LogP contribution < -0.4 is 11.1 Å². The normalized spacial score (nSPS) is 16.0. The van der Waals surface area contributed by atoms with Gasteiger partial charge in [-0.3, -0.25) is 4.79 Å². The molecule has 28 heavy (non-hydrogen) atoms. The third kappa shape index (κ3) is 6.77. The van der Waals surface area contributed by atoms with Crippen molar-refractivity contribution in [3.63, 3.8) is 0 Å². The SMILES string of the molecule is N[C@@H](Cc1cn(Cc2ccccc2)cn1)C(=O)NCCCOC1CCCCC1. The maximum absolute atomic E-state index is 12.2. The van der Waals surface area contributed by atoms with E-state index in [4.69, 9.17) is 10.5 Å². The molecule has 3 rings (SSSR count). The fraction of sp³-hybridized carbons (Fsp3) is 0.545. The lowest BCUT2D eigenvalue weighted by atomic mass is 9.98. The van der Waals surface area contributed by atoms with Crippen LogP contribution in [0.4, 0.5) is 0 Å². The van der Waals surface area contributed by atoms with E-state index in [1.54, 1.807) is 6.33 Å². The van der Waals surface area contributed by atoms with Gasteiger partial charge < -0.3 is 20.4 Å². The van der Waals surface area contributed by atoms with E-state index in [9.17, 15) is 4.79 Å². The molecular formula is C22H32N4O2. The minimum Gasteiger partial charge on any atom is -0.378 e. The van der Waals surface area contributed by atoms with Gasteiger partial charge in [0.1, 0.15) is 0 Å². The summed E-state index contributed by atoms with van der Waals surface area (Å²) in [6.07, 6.45) is 11.6. The molecule has 1 aliphatic rings. The number of hydrogen-bond acceptors (Lipinski definition) is 4. The summed E-state index contributed by atoms with van der Waals surface area (Å²) in [5.41, 5.74) is 8.09. The average Bonchev–Trinajstić information content (AvgIpc) is 3.15. The highest BCUT2D eigenvalue weighted by molar-refractivity contribution is 5.81. The molecule has 0 aliphatic heterocycles. The second-order valence-electron chi connectivity index (χ2n) is 7.61. The molecule has 0 bridgehead atoms. The van der Waals surface area contributed by atoms with Crippen molar-refractivity contribution in [3.8, 4) is 0 Å². The summed E-state index contributed by atoms with van der Waals surface area (Å²) < 4.78 is 7.89. The number of carbonyl (C=O) groups is 1. The first-order valence-electron chi connectivity index (χ1n) is 10.4. The quantitative estimate of drug-likeness (QED) is 0.617. The van der Waals surface area contributed by atoms with Crippen molar-refractivity contribution >= 4 is 5.91 Å². The summed E-state index contributed by atoms with van der Waals surface area (Å²) in [5.74, 6) is -0.129.